The Bertz CT molecular complexity index is 473. The van der Waals surface area contributed by atoms with Gasteiger partial charge in [-0.15, -0.1) is 0 Å². The number of hydrogen-bond acceptors (Lipinski definition) is 3. The minimum Gasteiger partial charge on any atom is -0.507 e. The lowest BCUT2D eigenvalue weighted by atomic mass is 10.0. The molecule has 0 aromatic heterocycles. The predicted octanol–water partition coefficient (Wildman–Crippen LogP) is 2.41. The normalized spacial score (nSPS) is 18.7. The Kier molecular flexibility index (Phi) is 3.64. The standard InChI is InChI=1S/C13H16BrNO3/c1-13(2)8-18-6-5-15(13)12(17)9-3-4-10(14)11(16)7-9/h3-4,7,16H,5-6,8H2,1-2H3. The molecule has 1 fully saturated rings. The third-order valence-electron chi connectivity index (χ3n) is 3.08. The molecule has 0 atom stereocenters. The Balaban J connectivity index is 2.27. The number of carbonyl (C=O) groups excluding carboxylic acids is 1. The van der Waals surface area contributed by atoms with Crippen molar-refractivity contribution >= 4 is 21.8 Å². The molecule has 1 aliphatic heterocycles. The minimum absolute atomic E-state index is 0.0758. The Morgan fingerprint density at radius 2 is 2.22 bits per heavy atom. The fourth-order valence-electron chi connectivity index (χ4n) is 2.04. The van der Waals surface area contributed by atoms with E-state index in [1.165, 1.54) is 6.07 Å². The topological polar surface area (TPSA) is 49.8 Å². The first-order chi connectivity index (χ1) is 8.42. The number of amides is 1. The Hall–Kier alpha value is -1.07. The molecule has 1 N–H and O–H groups in total. The van der Waals surface area contributed by atoms with Gasteiger partial charge >= 0.3 is 0 Å². The minimum atomic E-state index is -0.321. The van der Waals surface area contributed by atoms with Gasteiger partial charge in [0.15, 0.2) is 0 Å². The van der Waals surface area contributed by atoms with E-state index in [9.17, 15) is 9.90 Å². The molecule has 0 spiro atoms. The number of carbonyl (C=O) groups is 1. The van der Waals surface area contributed by atoms with Gasteiger partial charge in [-0.2, -0.15) is 0 Å². The quantitative estimate of drug-likeness (QED) is 0.866. The van der Waals surface area contributed by atoms with Crippen molar-refractivity contribution in [2.75, 3.05) is 19.8 Å². The number of ether oxygens (including phenoxy) is 1. The van der Waals surface area contributed by atoms with Crippen molar-refractivity contribution in [3.05, 3.63) is 28.2 Å². The Morgan fingerprint density at radius 3 is 2.83 bits per heavy atom. The zero-order valence-electron chi connectivity index (χ0n) is 10.4. The maximum atomic E-state index is 12.4. The second kappa shape index (κ2) is 4.90. The number of phenolic OH excluding ortho intramolecular Hbond substituents is 1. The fourth-order valence-corrected chi connectivity index (χ4v) is 2.28. The van der Waals surface area contributed by atoms with Crippen molar-refractivity contribution in [1.29, 1.82) is 0 Å². The molecule has 98 valence electrons. The smallest absolute Gasteiger partial charge is 0.254 e. The third-order valence-corrected chi connectivity index (χ3v) is 3.75. The average molecular weight is 314 g/mol. The highest BCUT2D eigenvalue weighted by Gasteiger charge is 2.34. The van der Waals surface area contributed by atoms with Crippen molar-refractivity contribution in [2.24, 2.45) is 0 Å². The molecule has 1 aliphatic rings. The van der Waals surface area contributed by atoms with Gasteiger partial charge in [-0.3, -0.25) is 4.79 Å². The van der Waals surface area contributed by atoms with E-state index in [0.29, 0.717) is 29.8 Å². The van der Waals surface area contributed by atoms with Gasteiger partial charge in [0.2, 0.25) is 0 Å². The summed E-state index contributed by atoms with van der Waals surface area (Å²) in [6.45, 7) is 5.60. The number of hydrogen-bond donors (Lipinski definition) is 1. The first kappa shape index (κ1) is 13.4. The number of nitrogens with zero attached hydrogens (tertiary/aromatic N) is 1. The van der Waals surface area contributed by atoms with Gasteiger partial charge in [0, 0.05) is 12.1 Å². The van der Waals surface area contributed by atoms with E-state index in [0.717, 1.165) is 0 Å². The first-order valence-corrected chi connectivity index (χ1v) is 6.59. The van der Waals surface area contributed by atoms with Crippen LogP contribution in [0.25, 0.3) is 0 Å². The van der Waals surface area contributed by atoms with Gasteiger partial charge in [-0.05, 0) is 48.0 Å². The maximum Gasteiger partial charge on any atom is 0.254 e. The summed E-state index contributed by atoms with van der Waals surface area (Å²) < 4.78 is 5.98. The molecule has 0 unspecified atom stereocenters. The van der Waals surface area contributed by atoms with E-state index in [2.05, 4.69) is 15.9 Å². The van der Waals surface area contributed by atoms with Gasteiger partial charge in [0.05, 0.1) is 23.2 Å². The van der Waals surface area contributed by atoms with Crippen LogP contribution in [0.5, 0.6) is 5.75 Å². The number of phenols is 1. The largest absolute Gasteiger partial charge is 0.507 e. The lowest BCUT2D eigenvalue weighted by molar-refractivity contribution is -0.0370. The molecule has 0 saturated carbocycles. The summed E-state index contributed by atoms with van der Waals surface area (Å²) >= 11 is 3.20. The van der Waals surface area contributed by atoms with Gasteiger partial charge in [0.1, 0.15) is 5.75 Å². The summed E-state index contributed by atoms with van der Waals surface area (Å²) in [6.07, 6.45) is 0. The summed E-state index contributed by atoms with van der Waals surface area (Å²) in [7, 11) is 0. The van der Waals surface area contributed by atoms with Crippen LogP contribution >= 0.6 is 15.9 Å². The van der Waals surface area contributed by atoms with Crippen LogP contribution in [0.2, 0.25) is 0 Å². The summed E-state index contributed by atoms with van der Waals surface area (Å²) in [5.41, 5.74) is 0.170. The fraction of sp³-hybridized carbons (Fsp3) is 0.462. The molecular weight excluding hydrogens is 298 g/mol. The van der Waals surface area contributed by atoms with Crippen LogP contribution in [0.15, 0.2) is 22.7 Å². The van der Waals surface area contributed by atoms with Crippen LogP contribution in [-0.2, 0) is 4.74 Å². The van der Waals surface area contributed by atoms with Crippen molar-refractivity contribution in [2.45, 2.75) is 19.4 Å². The summed E-state index contributed by atoms with van der Waals surface area (Å²) in [5, 5.41) is 9.64. The molecule has 0 radical (unpaired) electrons. The molecule has 4 nitrogen and oxygen atoms in total. The number of morpholine rings is 1. The molecule has 1 heterocycles. The van der Waals surface area contributed by atoms with E-state index < -0.39 is 0 Å². The van der Waals surface area contributed by atoms with Crippen molar-refractivity contribution in [1.82, 2.24) is 4.90 Å². The Morgan fingerprint density at radius 1 is 1.50 bits per heavy atom. The van der Waals surface area contributed by atoms with Gasteiger partial charge < -0.3 is 14.7 Å². The van der Waals surface area contributed by atoms with Crippen molar-refractivity contribution in [3.63, 3.8) is 0 Å². The molecular formula is C13H16BrNO3. The monoisotopic (exact) mass is 313 g/mol. The molecule has 1 aromatic carbocycles. The van der Waals surface area contributed by atoms with Gasteiger partial charge in [-0.25, -0.2) is 0 Å². The number of aromatic hydroxyl groups is 1. The first-order valence-electron chi connectivity index (χ1n) is 5.80. The maximum absolute atomic E-state index is 12.4. The second-order valence-corrected chi connectivity index (χ2v) is 5.84. The van der Waals surface area contributed by atoms with Crippen LogP contribution in [0.3, 0.4) is 0 Å². The Labute approximate surface area is 115 Å². The van der Waals surface area contributed by atoms with Crippen LogP contribution in [0.4, 0.5) is 0 Å². The van der Waals surface area contributed by atoms with E-state index in [-0.39, 0.29) is 17.2 Å². The van der Waals surface area contributed by atoms with E-state index in [1.807, 2.05) is 13.8 Å². The van der Waals surface area contributed by atoms with Crippen molar-refractivity contribution < 1.29 is 14.6 Å². The zero-order chi connectivity index (χ0) is 13.3. The van der Waals surface area contributed by atoms with Crippen LogP contribution in [0, 0.1) is 0 Å². The molecule has 1 amide bonds. The summed E-state index contributed by atoms with van der Waals surface area (Å²) in [6, 6.07) is 4.87. The average Bonchev–Trinajstić information content (AvgIpc) is 2.31. The highest BCUT2D eigenvalue weighted by Crippen LogP contribution is 2.27. The van der Waals surface area contributed by atoms with Crippen LogP contribution < -0.4 is 0 Å². The van der Waals surface area contributed by atoms with Crippen molar-refractivity contribution in [3.8, 4) is 5.75 Å². The zero-order valence-corrected chi connectivity index (χ0v) is 12.0. The molecule has 18 heavy (non-hydrogen) atoms. The van der Waals surface area contributed by atoms with Gasteiger partial charge in [0.25, 0.3) is 5.91 Å². The summed E-state index contributed by atoms with van der Waals surface area (Å²) in [5.74, 6) is -0.00184. The SMILES string of the molecule is CC1(C)COCCN1C(=O)c1ccc(Br)c(O)c1. The lowest BCUT2D eigenvalue weighted by Crippen LogP contribution is -2.55. The molecule has 1 aromatic rings. The molecule has 5 heteroatoms. The highest BCUT2D eigenvalue weighted by molar-refractivity contribution is 9.10. The van der Waals surface area contributed by atoms with E-state index in [4.69, 9.17) is 4.74 Å². The van der Waals surface area contributed by atoms with E-state index >= 15 is 0 Å². The van der Waals surface area contributed by atoms with Crippen LogP contribution in [0.1, 0.15) is 24.2 Å². The van der Waals surface area contributed by atoms with Crippen LogP contribution in [-0.4, -0.2) is 41.2 Å². The molecule has 0 aliphatic carbocycles. The highest BCUT2D eigenvalue weighted by atomic mass is 79.9. The molecule has 0 bridgehead atoms. The van der Waals surface area contributed by atoms with E-state index in [1.54, 1.807) is 17.0 Å². The number of benzene rings is 1. The summed E-state index contributed by atoms with van der Waals surface area (Å²) in [4.78, 5) is 14.2. The number of halogens is 1. The predicted molar refractivity (Wildman–Crippen MR) is 71.7 cm³/mol. The molecule has 2 rings (SSSR count). The lowest BCUT2D eigenvalue weighted by Gasteiger charge is -2.42. The van der Waals surface area contributed by atoms with Gasteiger partial charge in [-0.1, -0.05) is 0 Å². The third kappa shape index (κ3) is 2.52. The molecule has 1 saturated heterocycles. The second-order valence-electron chi connectivity index (χ2n) is 4.99. The number of rotatable bonds is 1.